The monoisotopic (exact) mass is 454 g/mol. The molecule has 0 aromatic heterocycles. The van der Waals surface area contributed by atoms with Crippen molar-refractivity contribution in [2.75, 3.05) is 18.0 Å². The summed E-state index contributed by atoms with van der Waals surface area (Å²) < 4.78 is 0. The molecule has 1 aliphatic heterocycles. The van der Waals surface area contributed by atoms with Gasteiger partial charge in [0.1, 0.15) is 12.1 Å². The first-order valence-electron chi connectivity index (χ1n) is 11.1. The summed E-state index contributed by atoms with van der Waals surface area (Å²) in [5.41, 5.74) is 2.10. The lowest BCUT2D eigenvalue weighted by Crippen LogP contribution is -2.45. The van der Waals surface area contributed by atoms with Crippen molar-refractivity contribution in [1.82, 2.24) is 10.2 Å². The van der Waals surface area contributed by atoms with Crippen LogP contribution in [0.5, 0.6) is 0 Å². The molecule has 4 amide bonds. The predicted molar refractivity (Wildman–Crippen MR) is 130 cm³/mol. The van der Waals surface area contributed by atoms with Gasteiger partial charge in [-0.2, -0.15) is 5.26 Å². The Hall–Kier alpha value is -4.18. The average molecular weight is 455 g/mol. The van der Waals surface area contributed by atoms with Crippen molar-refractivity contribution >= 4 is 34.3 Å². The van der Waals surface area contributed by atoms with Crippen molar-refractivity contribution in [3.63, 3.8) is 0 Å². The molecular weight excluding hydrogens is 428 g/mol. The fourth-order valence-corrected chi connectivity index (χ4v) is 4.36. The molecule has 1 unspecified atom stereocenters. The summed E-state index contributed by atoms with van der Waals surface area (Å²) in [7, 11) is 0. The summed E-state index contributed by atoms with van der Waals surface area (Å²) in [6, 6.07) is 20.3. The third kappa shape index (κ3) is 3.99. The minimum Gasteiger partial charge on any atom is -0.319 e. The van der Waals surface area contributed by atoms with Gasteiger partial charge in [-0.25, -0.2) is 4.79 Å². The Morgan fingerprint density at radius 3 is 2.53 bits per heavy atom. The molecule has 1 N–H and O–H groups in total. The van der Waals surface area contributed by atoms with E-state index in [4.69, 9.17) is 5.26 Å². The second-order valence-corrected chi connectivity index (χ2v) is 8.70. The number of imide groups is 1. The quantitative estimate of drug-likeness (QED) is 0.566. The minimum atomic E-state index is -1.30. The summed E-state index contributed by atoms with van der Waals surface area (Å²) in [4.78, 5) is 42.1. The summed E-state index contributed by atoms with van der Waals surface area (Å²) in [5, 5.41) is 13.7. The lowest BCUT2D eigenvalue weighted by molar-refractivity contribution is -0.134. The fraction of sp³-hybridized carbons (Fsp3) is 0.259. The van der Waals surface area contributed by atoms with Crippen molar-refractivity contribution in [3.05, 3.63) is 77.4 Å². The van der Waals surface area contributed by atoms with E-state index in [0.717, 1.165) is 26.8 Å². The number of hydrogen-bond acceptors (Lipinski definition) is 4. The van der Waals surface area contributed by atoms with E-state index in [1.807, 2.05) is 74.5 Å². The Morgan fingerprint density at radius 2 is 1.79 bits per heavy atom. The van der Waals surface area contributed by atoms with Gasteiger partial charge in [0.2, 0.25) is 5.91 Å². The van der Waals surface area contributed by atoms with Crippen LogP contribution < -0.4 is 10.2 Å². The molecule has 0 spiro atoms. The molecule has 0 bridgehead atoms. The van der Waals surface area contributed by atoms with Crippen LogP contribution in [0.15, 0.2) is 60.7 Å². The summed E-state index contributed by atoms with van der Waals surface area (Å²) >= 11 is 0. The van der Waals surface area contributed by atoms with Crippen LogP contribution in [0, 0.1) is 25.2 Å². The second kappa shape index (κ2) is 8.99. The first kappa shape index (κ1) is 23.0. The van der Waals surface area contributed by atoms with Gasteiger partial charge in [0.15, 0.2) is 0 Å². The molecule has 7 nitrogen and oxygen atoms in total. The van der Waals surface area contributed by atoms with E-state index in [-0.39, 0.29) is 13.0 Å². The van der Waals surface area contributed by atoms with E-state index in [9.17, 15) is 14.4 Å². The highest BCUT2D eigenvalue weighted by Gasteiger charge is 2.50. The number of carbonyl (C=O) groups excluding carboxylic acids is 3. The zero-order valence-electron chi connectivity index (χ0n) is 19.5. The molecule has 1 aliphatic rings. The molecule has 1 saturated heterocycles. The van der Waals surface area contributed by atoms with Gasteiger partial charge < -0.3 is 10.2 Å². The molecule has 3 aromatic rings. The summed E-state index contributed by atoms with van der Waals surface area (Å²) in [6.45, 7) is 5.34. The Kier molecular flexibility index (Phi) is 6.08. The van der Waals surface area contributed by atoms with Gasteiger partial charge in [0.25, 0.3) is 5.91 Å². The maximum absolute atomic E-state index is 13.5. The lowest BCUT2D eigenvalue weighted by Gasteiger charge is -2.26. The number of urea groups is 1. The highest BCUT2D eigenvalue weighted by Crippen LogP contribution is 2.34. The Morgan fingerprint density at radius 1 is 1.06 bits per heavy atom. The fourth-order valence-electron chi connectivity index (χ4n) is 4.36. The number of nitrogens with one attached hydrogen (secondary N) is 1. The van der Waals surface area contributed by atoms with Crippen molar-refractivity contribution in [3.8, 4) is 6.07 Å². The molecule has 7 heteroatoms. The Labute approximate surface area is 198 Å². The number of anilines is 1. The SMILES string of the molecule is Cc1ccc(N(CCC#N)C(=O)CN2C(=O)NC(C)(c3cccc4ccccc34)C2=O)cc1C. The van der Waals surface area contributed by atoms with E-state index >= 15 is 0 Å². The number of fused-ring (bicyclic) bond motifs is 1. The number of amides is 4. The van der Waals surface area contributed by atoms with Crippen LogP contribution in [0.3, 0.4) is 0 Å². The zero-order valence-corrected chi connectivity index (χ0v) is 19.5. The Bertz CT molecular complexity index is 1340. The third-order valence-corrected chi connectivity index (χ3v) is 6.45. The number of rotatable bonds is 6. The smallest absolute Gasteiger partial charge is 0.319 e. The summed E-state index contributed by atoms with van der Waals surface area (Å²) in [6.07, 6.45) is 0.131. The highest BCUT2D eigenvalue weighted by molar-refractivity contribution is 6.12. The first-order chi connectivity index (χ1) is 16.3. The predicted octanol–water partition coefficient (Wildman–Crippen LogP) is 4.17. The number of carbonyl (C=O) groups is 3. The van der Waals surface area contributed by atoms with Gasteiger partial charge in [-0.1, -0.05) is 48.5 Å². The van der Waals surface area contributed by atoms with Crippen molar-refractivity contribution < 1.29 is 14.4 Å². The molecule has 1 heterocycles. The highest BCUT2D eigenvalue weighted by atomic mass is 16.2. The molecule has 1 atom stereocenters. The van der Waals surface area contributed by atoms with Crippen LogP contribution >= 0.6 is 0 Å². The Balaban J connectivity index is 1.63. The van der Waals surface area contributed by atoms with Crippen molar-refractivity contribution in [1.29, 1.82) is 5.26 Å². The molecule has 1 fully saturated rings. The van der Waals surface area contributed by atoms with E-state index in [1.54, 1.807) is 6.92 Å². The molecule has 34 heavy (non-hydrogen) atoms. The zero-order chi connectivity index (χ0) is 24.5. The maximum atomic E-state index is 13.5. The second-order valence-electron chi connectivity index (χ2n) is 8.70. The molecule has 172 valence electrons. The van der Waals surface area contributed by atoms with Crippen molar-refractivity contribution in [2.24, 2.45) is 0 Å². The molecule has 0 aliphatic carbocycles. The van der Waals surface area contributed by atoms with Gasteiger partial charge >= 0.3 is 6.03 Å². The number of hydrogen-bond donors (Lipinski definition) is 1. The largest absolute Gasteiger partial charge is 0.325 e. The van der Waals surface area contributed by atoms with E-state index < -0.39 is 29.9 Å². The van der Waals surface area contributed by atoms with Gasteiger partial charge in [-0.15, -0.1) is 0 Å². The normalized spacial score (nSPS) is 17.5. The van der Waals surface area contributed by atoms with Crippen LogP contribution in [-0.2, 0) is 15.1 Å². The topological polar surface area (TPSA) is 93.5 Å². The van der Waals surface area contributed by atoms with Gasteiger partial charge in [-0.3, -0.25) is 14.5 Å². The van der Waals surface area contributed by atoms with Crippen LogP contribution in [0.2, 0.25) is 0 Å². The van der Waals surface area contributed by atoms with Gasteiger partial charge in [0, 0.05) is 12.2 Å². The van der Waals surface area contributed by atoms with E-state index in [2.05, 4.69) is 11.4 Å². The van der Waals surface area contributed by atoms with Gasteiger partial charge in [0.05, 0.1) is 12.5 Å². The van der Waals surface area contributed by atoms with Gasteiger partial charge in [-0.05, 0) is 60.4 Å². The van der Waals surface area contributed by atoms with E-state index in [0.29, 0.717) is 11.3 Å². The standard InChI is InChI=1S/C27H26N4O3/c1-18-12-13-21(16-19(18)2)30(15-7-14-28)24(32)17-31-25(33)27(3,29-26(31)34)23-11-6-9-20-8-4-5-10-22(20)23/h4-6,8-13,16H,7,15,17H2,1-3H3,(H,29,34). The number of aryl methyl sites for hydroxylation is 2. The molecule has 3 aromatic carbocycles. The molecule has 4 rings (SSSR count). The minimum absolute atomic E-state index is 0.131. The number of nitriles is 1. The maximum Gasteiger partial charge on any atom is 0.325 e. The van der Waals surface area contributed by atoms with Crippen LogP contribution in [0.1, 0.15) is 30.0 Å². The first-order valence-corrected chi connectivity index (χ1v) is 11.1. The average Bonchev–Trinajstić information content (AvgIpc) is 3.04. The molecule has 0 radical (unpaired) electrons. The van der Waals surface area contributed by atoms with Crippen molar-refractivity contribution in [2.45, 2.75) is 32.7 Å². The summed E-state index contributed by atoms with van der Waals surface area (Å²) in [5.74, 6) is -0.910. The van der Waals surface area contributed by atoms with Crippen LogP contribution in [-0.4, -0.2) is 35.8 Å². The molecular formula is C27H26N4O3. The lowest BCUT2D eigenvalue weighted by atomic mass is 9.88. The number of benzene rings is 3. The number of nitrogens with zero attached hydrogens (tertiary/aromatic N) is 3. The van der Waals surface area contributed by atoms with Crippen LogP contribution in [0.25, 0.3) is 10.8 Å². The molecule has 0 saturated carbocycles. The van der Waals surface area contributed by atoms with E-state index in [1.165, 1.54) is 4.90 Å². The third-order valence-electron chi connectivity index (χ3n) is 6.45. The van der Waals surface area contributed by atoms with Crippen LogP contribution in [0.4, 0.5) is 10.5 Å².